The van der Waals surface area contributed by atoms with E-state index in [9.17, 15) is 0 Å². The molecule has 0 N–H and O–H groups in total. The monoisotopic (exact) mass is 230 g/mol. The number of unbranched alkanes of at least 4 members (excludes halogenated alkanes) is 4. The summed E-state index contributed by atoms with van der Waals surface area (Å²) in [7, 11) is 0. The van der Waals surface area contributed by atoms with Gasteiger partial charge < -0.3 is 0 Å². The minimum absolute atomic E-state index is 0.480. The van der Waals surface area contributed by atoms with Crippen LogP contribution in [0.5, 0.6) is 0 Å². The van der Waals surface area contributed by atoms with Crippen molar-refractivity contribution >= 4 is 11.6 Å². The summed E-state index contributed by atoms with van der Waals surface area (Å²) in [5, 5.41) is 0.480. The third-order valence-electron chi connectivity index (χ3n) is 3.68. The molecule has 0 aromatic heterocycles. The van der Waals surface area contributed by atoms with E-state index in [-0.39, 0.29) is 0 Å². The smallest absolute Gasteiger partial charge is 0.0338 e. The Morgan fingerprint density at radius 3 is 2.53 bits per heavy atom. The molecule has 90 valence electrons. The van der Waals surface area contributed by atoms with Crippen LogP contribution >= 0.6 is 11.6 Å². The maximum atomic E-state index is 6.28. The molecule has 0 bridgehead atoms. The molecule has 0 amide bonds. The third-order valence-corrected chi connectivity index (χ3v) is 4.08. The van der Waals surface area contributed by atoms with Gasteiger partial charge >= 0.3 is 0 Å². The first kappa shape index (κ1) is 13.4. The van der Waals surface area contributed by atoms with Gasteiger partial charge in [0, 0.05) is 5.38 Å². The van der Waals surface area contributed by atoms with Crippen LogP contribution in [0.3, 0.4) is 0 Å². The molecular weight excluding hydrogens is 204 g/mol. The largest absolute Gasteiger partial charge is 0.123 e. The Bertz CT molecular complexity index is 144. The summed E-state index contributed by atoms with van der Waals surface area (Å²) < 4.78 is 0. The first-order chi connectivity index (χ1) is 7.33. The molecule has 1 fully saturated rings. The Kier molecular flexibility index (Phi) is 7.52. The van der Waals surface area contributed by atoms with E-state index < -0.39 is 0 Å². The standard InChI is InChI=1S/C14H27Cl/c1-2-3-4-5-6-9-13-10-7-8-11-14(15)12-13/h13-14H,2-12H2,1H3. The summed E-state index contributed by atoms with van der Waals surface area (Å²) in [6, 6.07) is 0. The van der Waals surface area contributed by atoms with Gasteiger partial charge in [0.05, 0.1) is 0 Å². The number of rotatable bonds is 6. The van der Waals surface area contributed by atoms with Crippen molar-refractivity contribution in [2.75, 3.05) is 0 Å². The average Bonchev–Trinajstić information content (AvgIpc) is 2.43. The third kappa shape index (κ3) is 6.45. The van der Waals surface area contributed by atoms with Crippen LogP contribution in [0.15, 0.2) is 0 Å². The normalized spacial score (nSPS) is 27.6. The van der Waals surface area contributed by atoms with Gasteiger partial charge in [-0.3, -0.25) is 0 Å². The van der Waals surface area contributed by atoms with Crippen LogP contribution in [0.4, 0.5) is 0 Å². The lowest BCUT2D eigenvalue weighted by atomic mass is 9.93. The number of halogens is 1. The summed E-state index contributed by atoms with van der Waals surface area (Å²) in [5.41, 5.74) is 0. The summed E-state index contributed by atoms with van der Waals surface area (Å²) in [6.07, 6.45) is 15.3. The molecule has 0 aromatic rings. The van der Waals surface area contributed by atoms with E-state index >= 15 is 0 Å². The Morgan fingerprint density at radius 2 is 1.73 bits per heavy atom. The molecule has 0 radical (unpaired) electrons. The molecule has 0 aromatic carbocycles. The molecule has 0 heterocycles. The highest BCUT2D eigenvalue weighted by Gasteiger charge is 2.17. The molecule has 0 spiro atoms. The molecule has 2 unspecified atom stereocenters. The second-order valence-electron chi connectivity index (χ2n) is 5.19. The quantitative estimate of drug-likeness (QED) is 0.320. The van der Waals surface area contributed by atoms with Crippen LogP contribution < -0.4 is 0 Å². The lowest BCUT2D eigenvalue weighted by molar-refractivity contribution is 0.407. The van der Waals surface area contributed by atoms with Crippen molar-refractivity contribution in [2.24, 2.45) is 5.92 Å². The fourth-order valence-corrected chi connectivity index (χ4v) is 3.10. The highest BCUT2D eigenvalue weighted by molar-refractivity contribution is 6.20. The van der Waals surface area contributed by atoms with Crippen molar-refractivity contribution in [3.8, 4) is 0 Å². The van der Waals surface area contributed by atoms with Crippen LogP contribution in [0, 0.1) is 5.92 Å². The zero-order chi connectivity index (χ0) is 10.9. The molecule has 15 heavy (non-hydrogen) atoms. The van der Waals surface area contributed by atoms with Gasteiger partial charge in [0.1, 0.15) is 0 Å². The first-order valence-electron chi connectivity index (χ1n) is 6.97. The van der Waals surface area contributed by atoms with Gasteiger partial charge in [-0.15, -0.1) is 11.6 Å². The van der Waals surface area contributed by atoms with Crippen molar-refractivity contribution in [1.29, 1.82) is 0 Å². The molecule has 1 rings (SSSR count). The van der Waals surface area contributed by atoms with Crippen molar-refractivity contribution in [3.05, 3.63) is 0 Å². The first-order valence-corrected chi connectivity index (χ1v) is 7.40. The van der Waals surface area contributed by atoms with Crippen molar-refractivity contribution in [1.82, 2.24) is 0 Å². The molecule has 1 aliphatic carbocycles. The van der Waals surface area contributed by atoms with E-state index in [1.807, 2.05) is 0 Å². The summed E-state index contributed by atoms with van der Waals surface area (Å²) >= 11 is 6.28. The number of hydrogen-bond donors (Lipinski definition) is 0. The topological polar surface area (TPSA) is 0 Å². The molecule has 1 saturated carbocycles. The lowest BCUT2D eigenvalue weighted by Crippen LogP contribution is -2.05. The average molecular weight is 231 g/mol. The van der Waals surface area contributed by atoms with E-state index in [0.29, 0.717) is 5.38 Å². The van der Waals surface area contributed by atoms with Gasteiger partial charge in [0.2, 0.25) is 0 Å². The van der Waals surface area contributed by atoms with Gasteiger partial charge in [0.15, 0.2) is 0 Å². The van der Waals surface area contributed by atoms with E-state index in [0.717, 1.165) is 5.92 Å². The minimum Gasteiger partial charge on any atom is -0.123 e. The predicted molar refractivity (Wildman–Crippen MR) is 69.6 cm³/mol. The van der Waals surface area contributed by atoms with Crippen molar-refractivity contribution in [2.45, 2.75) is 82.9 Å². The molecule has 2 atom stereocenters. The maximum Gasteiger partial charge on any atom is 0.0338 e. The van der Waals surface area contributed by atoms with Crippen LogP contribution in [-0.4, -0.2) is 5.38 Å². The van der Waals surface area contributed by atoms with E-state index in [4.69, 9.17) is 11.6 Å². The van der Waals surface area contributed by atoms with E-state index in [1.54, 1.807) is 0 Å². The Labute approximate surface area is 101 Å². The van der Waals surface area contributed by atoms with Gasteiger partial charge in [0.25, 0.3) is 0 Å². The van der Waals surface area contributed by atoms with Gasteiger partial charge in [-0.2, -0.15) is 0 Å². The molecule has 0 aliphatic heterocycles. The summed E-state index contributed by atoms with van der Waals surface area (Å²) in [5.74, 6) is 0.941. The Hall–Kier alpha value is 0.290. The second kappa shape index (κ2) is 8.44. The molecule has 0 nitrogen and oxygen atoms in total. The highest BCUT2D eigenvalue weighted by atomic mass is 35.5. The van der Waals surface area contributed by atoms with E-state index in [1.165, 1.54) is 70.6 Å². The van der Waals surface area contributed by atoms with Crippen molar-refractivity contribution < 1.29 is 0 Å². The van der Waals surface area contributed by atoms with Crippen LogP contribution in [0.2, 0.25) is 0 Å². The fourth-order valence-electron chi connectivity index (χ4n) is 2.69. The molecule has 1 aliphatic rings. The molecule has 0 saturated heterocycles. The lowest BCUT2D eigenvalue weighted by Gasteiger charge is -2.15. The Morgan fingerprint density at radius 1 is 1.00 bits per heavy atom. The van der Waals surface area contributed by atoms with E-state index in [2.05, 4.69) is 6.92 Å². The summed E-state index contributed by atoms with van der Waals surface area (Å²) in [4.78, 5) is 0. The number of hydrogen-bond acceptors (Lipinski definition) is 0. The minimum atomic E-state index is 0.480. The fraction of sp³-hybridized carbons (Fsp3) is 1.00. The second-order valence-corrected chi connectivity index (χ2v) is 5.80. The van der Waals surface area contributed by atoms with Gasteiger partial charge in [-0.1, -0.05) is 64.7 Å². The number of alkyl halides is 1. The van der Waals surface area contributed by atoms with Crippen LogP contribution in [-0.2, 0) is 0 Å². The van der Waals surface area contributed by atoms with Crippen molar-refractivity contribution in [3.63, 3.8) is 0 Å². The van der Waals surface area contributed by atoms with Gasteiger partial charge in [-0.05, 0) is 18.8 Å². The predicted octanol–water partition coefficient (Wildman–Crippen LogP) is 5.53. The highest BCUT2D eigenvalue weighted by Crippen LogP contribution is 2.30. The Balaban J connectivity index is 2.03. The SMILES string of the molecule is CCCCCCCC1CCCCC(Cl)C1. The zero-order valence-electron chi connectivity index (χ0n) is 10.3. The van der Waals surface area contributed by atoms with Crippen LogP contribution in [0.25, 0.3) is 0 Å². The molecular formula is C14H27Cl. The zero-order valence-corrected chi connectivity index (χ0v) is 11.1. The molecule has 1 heteroatoms. The van der Waals surface area contributed by atoms with Crippen LogP contribution in [0.1, 0.15) is 77.6 Å². The summed E-state index contributed by atoms with van der Waals surface area (Å²) in [6.45, 7) is 2.28. The maximum absolute atomic E-state index is 6.28. The van der Waals surface area contributed by atoms with Gasteiger partial charge in [-0.25, -0.2) is 0 Å².